The molecule has 2 unspecified atom stereocenters. The SMILES string of the molecule is NC(=O)c1ccccc1OCc1cccc(C(=O)N2CC3CCC2C3)c1. The highest BCUT2D eigenvalue weighted by atomic mass is 16.5. The first-order valence-corrected chi connectivity index (χ1v) is 9.03. The lowest BCUT2D eigenvalue weighted by atomic mass is 10.1. The Balaban J connectivity index is 1.47. The molecular weight excluding hydrogens is 328 g/mol. The second-order valence-electron chi connectivity index (χ2n) is 7.14. The van der Waals surface area contributed by atoms with Gasteiger partial charge in [-0.3, -0.25) is 9.59 Å². The molecule has 1 aliphatic heterocycles. The van der Waals surface area contributed by atoms with Gasteiger partial charge < -0.3 is 15.4 Å². The van der Waals surface area contributed by atoms with E-state index in [1.807, 2.05) is 29.2 Å². The van der Waals surface area contributed by atoms with Gasteiger partial charge in [0.2, 0.25) is 0 Å². The van der Waals surface area contributed by atoms with E-state index in [-0.39, 0.29) is 12.5 Å². The van der Waals surface area contributed by atoms with Gasteiger partial charge in [-0.05, 0) is 55.0 Å². The maximum atomic E-state index is 12.8. The minimum Gasteiger partial charge on any atom is -0.488 e. The summed E-state index contributed by atoms with van der Waals surface area (Å²) in [4.78, 5) is 26.3. The molecule has 2 fully saturated rings. The molecule has 0 radical (unpaired) electrons. The number of piperidine rings is 1. The fraction of sp³-hybridized carbons (Fsp3) is 0.333. The van der Waals surface area contributed by atoms with Gasteiger partial charge in [0, 0.05) is 18.2 Å². The van der Waals surface area contributed by atoms with Crippen LogP contribution in [0.2, 0.25) is 0 Å². The molecule has 1 saturated carbocycles. The van der Waals surface area contributed by atoms with Gasteiger partial charge in [0.05, 0.1) is 5.56 Å². The number of rotatable bonds is 5. The summed E-state index contributed by atoms with van der Waals surface area (Å²) in [7, 11) is 0. The summed E-state index contributed by atoms with van der Waals surface area (Å²) in [5.41, 5.74) is 7.32. The lowest BCUT2D eigenvalue weighted by Gasteiger charge is -2.27. The summed E-state index contributed by atoms with van der Waals surface area (Å²) in [5, 5.41) is 0. The number of ether oxygens (including phenoxy) is 1. The number of fused-ring (bicyclic) bond motifs is 2. The molecule has 134 valence electrons. The molecule has 0 spiro atoms. The molecule has 1 aliphatic carbocycles. The number of carbonyl (C=O) groups excluding carboxylic acids is 2. The van der Waals surface area contributed by atoms with Crippen molar-refractivity contribution in [1.29, 1.82) is 0 Å². The highest BCUT2D eigenvalue weighted by Crippen LogP contribution is 2.38. The maximum absolute atomic E-state index is 12.8. The second-order valence-corrected chi connectivity index (χ2v) is 7.14. The van der Waals surface area contributed by atoms with Crippen molar-refractivity contribution < 1.29 is 14.3 Å². The number of benzene rings is 2. The summed E-state index contributed by atoms with van der Waals surface area (Å²) < 4.78 is 5.77. The van der Waals surface area contributed by atoms with Gasteiger partial charge in [-0.1, -0.05) is 24.3 Å². The number of amides is 2. The smallest absolute Gasteiger partial charge is 0.254 e. The third-order valence-corrected chi connectivity index (χ3v) is 5.39. The monoisotopic (exact) mass is 350 g/mol. The predicted octanol–water partition coefficient (Wildman–Crippen LogP) is 2.99. The highest BCUT2D eigenvalue weighted by molar-refractivity contribution is 5.96. The molecular formula is C21H22N2O3. The van der Waals surface area contributed by atoms with Crippen LogP contribution in [-0.2, 0) is 6.61 Å². The number of hydrogen-bond acceptors (Lipinski definition) is 3. The summed E-state index contributed by atoms with van der Waals surface area (Å²) in [5.74, 6) is 0.722. The molecule has 5 heteroatoms. The zero-order valence-corrected chi connectivity index (χ0v) is 14.6. The van der Waals surface area contributed by atoms with Crippen LogP contribution in [0.15, 0.2) is 48.5 Å². The van der Waals surface area contributed by atoms with E-state index < -0.39 is 5.91 Å². The van der Waals surface area contributed by atoms with E-state index >= 15 is 0 Å². The molecule has 2 atom stereocenters. The van der Waals surface area contributed by atoms with Gasteiger partial charge in [0.15, 0.2) is 0 Å². The van der Waals surface area contributed by atoms with E-state index in [0.717, 1.165) is 24.9 Å². The summed E-state index contributed by atoms with van der Waals surface area (Å²) in [6, 6.07) is 14.8. The Labute approximate surface area is 152 Å². The number of primary amides is 1. The van der Waals surface area contributed by atoms with Gasteiger partial charge in [-0.2, -0.15) is 0 Å². The van der Waals surface area contributed by atoms with Crippen molar-refractivity contribution in [2.45, 2.75) is 31.9 Å². The Morgan fingerprint density at radius 2 is 1.96 bits per heavy atom. The quantitative estimate of drug-likeness (QED) is 0.901. The molecule has 1 saturated heterocycles. The highest BCUT2D eigenvalue weighted by Gasteiger charge is 2.40. The van der Waals surface area contributed by atoms with Crippen molar-refractivity contribution >= 4 is 11.8 Å². The van der Waals surface area contributed by atoms with Crippen molar-refractivity contribution in [2.75, 3.05) is 6.54 Å². The van der Waals surface area contributed by atoms with Crippen molar-refractivity contribution in [3.63, 3.8) is 0 Å². The van der Waals surface area contributed by atoms with Crippen LogP contribution >= 0.6 is 0 Å². The molecule has 5 nitrogen and oxygen atoms in total. The largest absolute Gasteiger partial charge is 0.488 e. The summed E-state index contributed by atoms with van der Waals surface area (Å²) in [6.45, 7) is 1.16. The molecule has 2 aromatic rings. The fourth-order valence-electron chi connectivity index (χ4n) is 4.09. The van der Waals surface area contributed by atoms with Crippen molar-refractivity contribution in [2.24, 2.45) is 11.7 Å². The topological polar surface area (TPSA) is 72.6 Å². The summed E-state index contributed by atoms with van der Waals surface area (Å²) in [6.07, 6.45) is 3.53. The number of para-hydroxylation sites is 1. The van der Waals surface area contributed by atoms with E-state index in [0.29, 0.717) is 28.8 Å². The Bertz CT molecular complexity index is 849. The van der Waals surface area contributed by atoms with Crippen LogP contribution in [0, 0.1) is 5.92 Å². The van der Waals surface area contributed by atoms with Crippen LogP contribution in [0.25, 0.3) is 0 Å². The standard InChI is InChI=1S/C21H22N2O3/c22-20(24)18-6-1-2-7-19(18)26-13-15-4-3-5-16(10-15)21(25)23-12-14-8-9-17(23)11-14/h1-7,10,14,17H,8-9,11-13H2,(H2,22,24). The number of carbonyl (C=O) groups is 2. The Morgan fingerprint density at radius 1 is 1.12 bits per heavy atom. The molecule has 0 aromatic heterocycles. The van der Waals surface area contributed by atoms with E-state index in [1.54, 1.807) is 24.3 Å². The molecule has 1 heterocycles. The average molecular weight is 350 g/mol. The maximum Gasteiger partial charge on any atom is 0.254 e. The first-order valence-electron chi connectivity index (χ1n) is 9.03. The van der Waals surface area contributed by atoms with E-state index in [4.69, 9.17) is 10.5 Å². The van der Waals surface area contributed by atoms with Gasteiger partial charge in [-0.15, -0.1) is 0 Å². The number of nitrogens with two attached hydrogens (primary N) is 1. The lowest BCUT2D eigenvalue weighted by molar-refractivity contribution is 0.0703. The number of nitrogens with zero attached hydrogens (tertiary/aromatic N) is 1. The van der Waals surface area contributed by atoms with Gasteiger partial charge in [0.25, 0.3) is 11.8 Å². The van der Waals surface area contributed by atoms with E-state index in [2.05, 4.69) is 0 Å². The van der Waals surface area contributed by atoms with E-state index in [1.165, 1.54) is 6.42 Å². The van der Waals surface area contributed by atoms with Crippen molar-refractivity contribution in [3.05, 3.63) is 65.2 Å². The van der Waals surface area contributed by atoms with Gasteiger partial charge in [0.1, 0.15) is 12.4 Å². The van der Waals surface area contributed by atoms with Crippen LogP contribution < -0.4 is 10.5 Å². The Hall–Kier alpha value is -2.82. The van der Waals surface area contributed by atoms with Gasteiger partial charge in [-0.25, -0.2) is 0 Å². The molecule has 2 bridgehead atoms. The molecule has 26 heavy (non-hydrogen) atoms. The second kappa shape index (κ2) is 6.83. The van der Waals surface area contributed by atoms with Gasteiger partial charge >= 0.3 is 0 Å². The number of likely N-dealkylation sites (tertiary alicyclic amines) is 1. The van der Waals surface area contributed by atoms with Crippen LogP contribution in [0.3, 0.4) is 0 Å². The molecule has 2 aromatic carbocycles. The molecule has 4 rings (SSSR count). The summed E-state index contributed by atoms with van der Waals surface area (Å²) >= 11 is 0. The third-order valence-electron chi connectivity index (χ3n) is 5.39. The predicted molar refractivity (Wildman–Crippen MR) is 97.9 cm³/mol. The zero-order chi connectivity index (χ0) is 18.1. The third kappa shape index (κ3) is 3.17. The molecule has 2 amide bonds. The minimum atomic E-state index is -0.520. The fourth-order valence-corrected chi connectivity index (χ4v) is 4.09. The Kier molecular flexibility index (Phi) is 4.37. The van der Waals surface area contributed by atoms with Crippen LogP contribution in [0.4, 0.5) is 0 Å². The molecule has 2 N–H and O–H groups in total. The number of hydrogen-bond donors (Lipinski definition) is 1. The average Bonchev–Trinajstić information content (AvgIpc) is 3.29. The molecule has 2 aliphatic rings. The van der Waals surface area contributed by atoms with Crippen LogP contribution in [0.5, 0.6) is 5.75 Å². The lowest BCUT2D eigenvalue weighted by Crippen LogP contribution is -2.37. The van der Waals surface area contributed by atoms with Crippen molar-refractivity contribution in [3.8, 4) is 5.75 Å². The van der Waals surface area contributed by atoms with Crippen molar-refractivity contribution in [1.82, 2.24) is 4.90 Å². The van der Waals surface area contributed by atoms with E-state index in [9.17, 15) is 9.59 Å². The first-order chi connectivity index (χ1) is 12.6. The zero-order valence-electron chi connectivity index (χ0n) is 14.6. The first kappa shape index (κ1) is 16.6. The minimum absolute atomic E-state index is 0.108. The van der Waals surface area contributed by atoms with Crippen LogP contribution in [-0.4, -0.2) is 29.3 Å². The Morgan fingerprint density at radius 3 is 2.69 bits per heavy atom. The normalized spacial score (nSPS) is 21.0. The van der Waals surface area contributed by atoms with Crippen LogP contribution in [0.1, 0.15) is 45.5 Å².